The van der Waals surface area contributed by atoms with Crippen molar-refractivity contribution >= 4 is 11.9 Å². The molecule has 154 valence electrons. The monoisotopic (exact) mass is 410 g/mol. The largest absolute Gasteiger partial charge is 0.507 e. The maximum Gasteiger partial charge on any atom is 0.340 e. The third-order valence-corrected chi connectivity index (χ3v) is 3.55. The van der Waals surface area contributed by atoms with Crippen molar-refractivity contribution in [1.82, 2.24) is 19.9 Å². The van der Waals surface area contributed by atoms with Gasteiger partial charge in [-0.2, -0.15) is 0 Å². The Labute approximate surface area is 170 Å². The highest BCUT2D eigenvalue weighted by molar-refractivity contribution is 5.97. The Balaban J connectivity index is 0.000000183. The topological polar surface area (TPSA) is 172 Å². The molecule has 10 nitrogen and oxygen atoms in total. The molecule has 4 aromatic rings. The smallest absolute Gasteiger partial charge is 0.340 e. The predicted octanol–water partition coefficient (Wildman–Crippen LogP) is 2.98. The summed E-state index contributed by atoms with van der Waals surface area (Å²) in [5, 5.41) is 35.7. The Morgan fingerprint density at radius 1 is 0.833 bits per heavy atom. The number of rotatable bonds is 3. The van der Waals surface area contributed by atoms with E-state index in [-0.39, 0.29) is 22.6 Å². The van der Waals surface area contributed by atoms with Gasteiger partial charge in [0.25, 0.3) is 0 Å². The van der Waals surface area contributed by atoms with Crippen LogP contribution in [0.15, 0.2) is 73.6 Å². The van der Waals surface area contributed by atoms with Crippen LogP contribution in [0.4, 0.5) is 0 Å². The van der Waals surface area contributed by atoms with E-state index in [0.717, 1.165) is 0 Å². The van der Waals surface area contributed by atoms with Gasteiger partial charge < -0.3 is 30.4 Å². The zero-order chi connectivity index (χ0) is 21.9. The van der Waals surface area contributed by atoms with Crippen molar-refractivity contribution in [3.05, 3.63) is 84.7 Å². The molecule has 0 fully saturated rings. The van der Waals surface area contributed by atoms with Crippen molar-refractivity contribution < 1.29 is 30.0 Å². The quantitative estimate of drug-likeness (QED) is 0.299. The SMILES string of the molecule is O=C(O)c1c(O)cccc1-c1ncc[nH]1.O=C(O)c1ccccc1O.c1c[nH]cn1. The fraction of sp³-hybridized carbons (Fsp3) is 0. The van der Waals surface area contributed by atoms with E-state index in [0.29, 0.717) is 11.4 Å². The van der Waals surface area contributed by atoms with Crippen molar-refractivity contribution in [2.24, 2.45) is 0 Å². The third kappa shape index (κ3) is 5.96. The second-order valence-electron chi connectivity index (χ2n) is 5.53. The molecular formula is C20H18N4O6. The molecule has 30 heavy (non-hydrogen) atoms. The fourth-order valence-electron chi connectivity index (χ4n) is 2.24. The minimum Gasteiger partial charge on any atom is -0.507 e. The lowest BCUT2D eigenvalue weighted by molar-refractivity contribution is 0.0682. The van der Waals surface area contributed by atoms with E-state index in [4.69, 9.17) is 15.3 Å². The molecule has 2 heterocycles. The number of carboxylic acids is 2. The summed E-state index contributed by atoms with van der Waals surface area (Å²) < 4.78 is 0. The molecule has 0 aliphatic carbocycles. The number of benzene rings is 2. The molecule has 0 spiro atoms. The maximum atomic E-state index is 10.9. The van der Waals surface area contributed by atoms with Crippen LogP contribution < -0.4 is 0 Å². The Hall–Kier alpha value is -4.60. The van der Waals surface area contributed by atoms with E-state index in [9.17, 15) is 14.7 Å². The summed E-state index contributed by atoms with van der Waals surface area (Å²) in [6.45, 7) is 0. The number of aromatic hydroxyl groups is 2. The van der Waals surface area contributed by atoms with Gasteiger partial charge in [-0.25, -0.2) is 19.6 Å². The molecule has 4 rings (SSSR count). The number of hydrogen-bond donors (Lipinski definition) is 6. The molecule has 0 saturated heterocycles. The number of H-pyrrole nitrogens is 2. The van der Waals surface area contributed by atoms with Crippen LogP contribution >= 0.6 is 0 Å². The average Bonchev–Trinajstić information content (AvgIpc) is 3.45. The molecule has 0 aliphatic heterocycles. The molecule has 0 aliphatic rings. The molecule has 6 N–H and O–H groups in total. The second kappa shape index (κ2) is 10.7. The Morgan fingerprint density at radius 2 is 1.57 bits per heavy atom. The summed E-state index contributed by atoms with van der Waals surface area (Å²) in [6.07, 6.45) is 8.19. The summed E-state index contributed by atoms with van der Waals surface area (Å²) >= 11 is 0. The van der Waals surface area contributed by atoms with Gasteiger partial charge in [0.05, 0.1) is 6.33 Å². The first-order valence-corrected chi connectivity index (χ1v) is 8.40. The van der Waals surface area contributed by atoms with E-state index in [1.54, 1.807) is 49.2 Å². The van der Waals surface area contributed by atoms with Crippen LogP contribution in [0.1, 0.15) is 20.7 Å². The average molecular weight is 410 g/mol. The summed E-state index contributed by atoms with van der Waals surface area (Å²) in [5.74, 6) is -2.34. The van der Waals surface area contributed by atoms with E-state index in [2.05, 4.69) is 19.9 Å². The fourth-order valence-corrected chi connectivity index (χ4v) is 2.24. The maximum absolute atomic E-state index is 10.9. The summed E-state index contributed by atoms with van der Waals surface area (Å²) in [6, 6.07) is 10.3. The molecule has 0 atom stereocenters. The number of phenols is 2. The van der Waals surface area contributed by atoms with Crippen LogP contribution in [0.5, 0.6) is 11.5 Å². The van der Waals surface area contributed by atoms with Crippen LogP contribution in [-0.4, -0.2) is 52.3 Å². The minimum atomic E-state index is -1.18. The standard InChI is InChI=1S/C10H8N2O3.C7H6O3.C3H4N2/c13-7-3-1-2-6(8(7)10(14)15)9-11-4-5-12-9;8-6-4-2-1-3-5(6)7(9)10;1-2-5-3-4-1/h1-5,13H,(H,11,12)(H,14,15);1-4,8H,(H,9,10);1-3H,(H,4,5). The Bertz CT molecular complexity index is 1060. The number of imidazole rings is 2. The first-order valence-electron chi connectivity index (χ1n) is 8.40. The molecule has 0 bridgehead atoms. The number of carbonyl (C=O) groups is 2. The van der Waals surface area contributed by atoms with Gasteiger partial charge in [0.1, 0.15) is 28.5 Å². The number of carboxylic acid groups (broad SMARTS) is 2. The first kappa shape index (κ1) is 21.7. The zero-order valence-electron chi connectivity index (χ0n) is 15.4. The van der Waals surface area contributed by atoms with Gasteiger partial charge in [0.15, 0.2) is 0 Å². The molecule has 0 saturated carbocycles. The van der Waals surface area contributed by atoms with Crippen LogP contribution in [0.3, 0.4) is 0 Å². The van der Waals surface area contributed by atoms with Gasteiger partial charge in [-0.1, -0.05) is 24.3 Å². The van der Waals surface area contributed by atoms with Gasteiger partial charge in [0.2, 0.25) is 0 Å². The number of aromatic carboxylic acids is 2. The summed E-state index contributed by atoms with van der Waals surface area (Å²) in [7, 11) is 0. The zero-order valence-corrected chi connectivity index (χ0v) is 15.4. The number of aromatic amines is 2. The van der Waals surface area contributed by atoms with E-state index < -0.39 is 11.9 Å². The highest BCUT2D eigenvalue weighted by atomic mass is 16.4. The third-order valence-electron chi connectivity index (χ3n) is 3.55. The molecule has 2 aromatic carbocycles. The number of nitrogens with one attached hydrogen (secondary N) is 2. The van der Waals surface area contributed by atoms with Crippen LogP contribution in [0, 0.1) is 0 Å². The van der Waals surface area contributed by atoms with Gasteiger partial charge in [-0.05, 0) is 18.2 Å². The number of hydrogen-bond acceptors (Lipinski definition) is 6. The Kier molecular flexibility index (Phi) is 7.71. The lowest BCUT2D eigenvalue weighted by atomic mass is 10.1. The molecule has 10 heteroatoms. The van der Waals surface area contributed by atoms with Gasteiger partial charge in [0, 0.05) is 30.4 Å². The molecule has 0 amide bonds. The van der Waals surface area contributed by atoms with Gasteiger partial charge in [-0.3, -0.25) is 0 Å². The molecule has 0 radical (unpaired) electrons. The highest BCUT2D eigenvalue weighted by Gasteiger charge is 2.17. The lowest BCUT2D eigenvalue weighted by Gasteiger charge is -2.04. The van der Waals surface area contributed by atoms with Gasteiger partial charge >= 0.3 is 11.9 Å². The Morgan fingerprint density at radius 3 is 2.03 bits per heavy atom. The molecular weight excluding hydrogens is 392 g/mol. The predicted molar refractivity (Wildman–Crippen MR) is 106 cm³/mol. The van der Waals surface area contributed by atoms with Crippen molar-refractivity contribution in [1.29, 1.82) is 0 Å². The molecule has 2 aromatic heterocycles. The molecule has 0 unspecified atom stereocenters. The van der Waals surface area contributed by atoms with Crippen LogP contribution in [-0.2, 0) is 0 Å². The van der Waals surface area contributed by atoms with Gasteiger partial charge in [-0.15, -0.1) is 0 Å². The minimum absolute atomic E-state index is 0.0671. The normalized spacial score (nSPS) is 9.47. The van der Waals surface area contributed by atoms with Crippen molar-refractivity contribution in [2.75, 3.05) is 0 Å². The van der Waals surface area contributed by atoms with E-state index >= 15 is 0 Å². The van der Waals surface area contributed by atoms with Crippen molar-refractivity contribution in [3.8, 4) is 22.9 Å². The lowest BCUT2D eigenvalue weighted by Crippen LogP contribution is -2.00. The number of aromatic nitrogens is 4. The van der Waals surface area contributed by atoms with Crippen molar-refractivity contribution in [3.63, 3.8) is 0 Å². The van der Waals surface area contributed by atoms with E-state index in [1.165, 1.54) is 24.4 Å². The highest BCUT2D eigenvalue weighted by Crippen LogP contribution is 2.27. The first-order chi connectivity index (χ1) is 14.4. The summed E-state index contributed by atoms with van der Waals surface area (Å²) in [5.41, 5.74) is 0.155. The second-order valence-corrected chi connectivity index (χ2v) is 5.53. The number of nitrogens with zero attached hydrogens (tertiary/aromatic N) is 2. The van der Waals surface area contributed by atoms with Crippen LogP contribution in [0.25, 0.3) is 11.4 Å². The van der Waals surface area contributed by atoms with Crippen LogP contribution in [0.2, 0.25) is 0 Å². The van der Waals surface area contributed by atoms with E-state index in [1.807, 2.05) is 0 Å². The van der Waals surface area contributed by atoms with Crippen molar-refractivity contribution in [2.45, 2.75) is 0 Å². The number of para-hydroxylation sites is 1. The summed E-state index contributed by atoms with van der Waals surface area (Å²) in [4.78, 5) is 34.3.